The van der Waals surface area contributed by atoms with Crippen molar-refractivity contribution in [1.82, 2.24) is 10.2 Å². The Bertz CT molecular complexity index is 205. The summed E-state index contributed by atoms with van der Waals surface area (Å²) in [5, 5.41) is 3.05. The van der Waals surface area contributed by atoms with Crippen molar-refractivity contribution in [2.24, 2.45) is 0 Å². The third kappa shape index (κ3) is 2.08. The van der Waals surface area contributed by atoms with Gasteiger partial charge in [0.05, 0.1) is 0 Å². The SMILES string of the molecule is CCC(=O)NC1CC(N2CCCC2)C1. The van der Waals surface area contributed by atoms with Crippen molar-refractivity contribution in [3.05, 3.63) is 0 Å². The predicted molar refractivity (Wildman–Crippen MR) is 56.1 cm³/mol. The molecule has 2 aliphatic rings. The van der Waals surface area contributed by atoms with Crippen molar-refractivity contribution in [2.75, 3.05) is 13.1 Å². The maximum atomic E-state index is 11.1. The van der Waals surface area contributed by atoms with Crippen molar-refractivity contribution < 1.29 is 4.79 Å². The number of nitrogens with one attached hydrogen (secondary N) is 1. The minimum atomic E-state index is 0.204. The van der Waals surface area contributed by atoms with Crippen molar-refractivity contribution in [2.45, 2.75) is 51.1 Å². The molecule has 1 aliphatic heterocycles. The van der Waals surface area contributed by atoms with E-state index in [1.807, 2.05) is 6.92 Å². The molecule has 3 heteroatoms. The molecule has 0 aromatic carbocycles. The van der Waals surface area contributed by atoms with Crippen LogP contribution in [0.1, 0.15) is 39.0 Å². The van der Waals surface area contributed by atoms with Crippen LogP contribution in [0.5, 0.6) is 0 Å². The number of carbonyl (C=O) groups is 1. The molecule has 0 unspecified atom stereocenters. The summed E-state index contributed by atoms with van der Waals surface area (Å²) < 4.78 is 0. The zero-order valence-corrected chi connectivity index (χ0v) is 8.96. The molecule has 0 aromatic heterocycles. The van der Waals surface area contributed by atoms with E-state index in [9.17, 15) is 4.79 Å². The molecule has 0 atom stereocenters. The van der Waals surface area contributed by atoms with E-state index >= 15 is 0 Å². The van der Waals surface area contributed by atoms with Crippen LogP contribution in [0, 0.1) is 0 Å². The second kappa shape index (κ2) is 4.30. The molecule has 2 fully saturated rings. The smallest absolute Gasteiger partial charge is 0.219 e. The van der Waals surface area contributed by atoms with Crippen LogP contribution >= 0.6 is 0 Å². The number of likely N-dealkylation sites (tertiary alicyclic amines) is 1. The number of rotatable bonds is 3. The first-order chi connectivity index (χ1) is 6.79. The lowest BCUT2D eigenvalue weighted by Gasteiger charge is -2.41. The van der Waals surface area contributed by atoms with E-state index in [1.165, 1.54) is 38.8 Å². The highest BCUT2D eigenvalue weighted by Crippen LogP contribution is 2.28. The van der Waals surface area contributed by atoms with E-state index in [-0.39, 0.29) is 5.91 Å². The number of carbonyl (C=O) groups excluding carboxylic acids is 1. The van der Waals surface area contributed by atoms with Crippen LogP contribution in [0.3, 0.4) is 0 Å². The van der Waals surface area contributed by atoms with Crippen LogP contribution in [0.2, 0.25) is 0 Å². The summed E-state index contributed by atoms with van der Waals surface area (Å²) in [5.74, 6) is 0.204. The lowest BCUT2D eigenvalue weighted by Crippen LogP contribution is -2.53. The number of nitrogens with zero attached hydrogens (tertiary/aromatic N) is 1. The second-order valence-corrected chi connectivity index (χ2v) is 4.49. The molecule has 1 heterocycles. The molecule has 0 bridgehead atoms. The molecule has 3 nitrogen and oxygen atoms in total. The molecule has 1 N–H and O–H groups in total. The Kier molecular flexibility index (Phi) is 3.06. The average molecular weight is 196 g/mol. The first-order valence-electron chi connectivity index (χ1n) is 5.83. The Balaban J connectivity index is 1.66. The summed E-state index contributed by atoms with van der Waals surface area (Å²) in [5.41, 5.74) is 0. The van der Waals surface area contributed by atoms with Crippen LogP contribution in [-0.2, 0) is 4.79 Å². The molecule has 0 radical (unpaired) electrons. The fourth-order valence-corrected chi connectivity index (χ4v) is 2.44. The van der Waals surface area contributed by atoms with Crippen molar-refractivity contribution in [3.63, 3.8) is 0 Å². The second-order valence-electron chi connectivity index (χ2n) is 4.49. The topological polar surface area (TPSA) is 32.3 Å². The van der Waals surface area contributed by atoms with Crippen LogP contribution < -0.4 is 5.32 Å². The fourth-order valence-electron chi connectivity index (χ4n) is 2.44. The van der Waals surface area contributed by atoms with E-state index in [1.54, 1.807) is 0 Å². The summed E-state index contributed by atoms with van der Waals surface area (Å²) >= 11 is 0. The highest BCUT2D eigenvalue weighted by Gasteiger charge is 2.34. The number of amides is 1. The third-order valence-electron chi connectivity index (χ3n) is 3.46. The van der Waals surface area contributed by atoms with E-state index in [0.717, 1.165) is 6.04 Å². The summed E-state index contributed by atoms with van der Waals surface area (Å²) in [6.07, 6.45) is 5.69. The molecular formula is C11H20N2O. The number of hydrogen-bond donors (Lipinski definition) is 1. The highest BCUT2D eigenvalue weighted by molar-refractivity contribution is 5.75. The molecular weight excluding hydrogens is 176 g/mol. The molecule has 1 aliphatic carbocycles. The van der Waals surface area contributed by atoms with E-state index in [2.05, 4.69) is 10.2 Å². The van der Waals surface area contributed by atoms with E-state index < -0.39 is 0 Å². The van der Waals surface area contributed by atoms with Gasteiger partial charge in [0.2, 0.25) is 5.91 Å². The minimum absolute atomic E-state index is 0.204. The zero-order valence-electron chi connectivity index (χ0n) is 8.96. The Morgan fingerprint density at radius 2 is 2.00 bits per heavy atom. The van der Waals surface area contributed by atoms with Gasteiger partial charge in [0.1, 0.15) is 0 Å². The van der Waals surface area contributed by atoms with Gasteiger partial charge in [-0.2, -0.15) is 0 Å². The maximum absolute atomic E-state index is 11.1. The zero-order chi connectivity index (χ0) is 9.97. The van der Waals surface area contributed by atoms with Gasteiger partial charge in [-0.3, -0.25) is 4.79 Å². The molecule has 0 aromatic rings. The Morgan fingerprint density at radius 1 is 1.36 bits per heavy atom. The molecule has 14 heavy (non-hydrogen) atoms. The maximum Gasteiger partial charge on any atom is 0.219 e. The molecule has 0 spiro atoms. The van der Waals surface area contributed by atoms with E-state index in [4.69, 9.17) is 0 Å². The monoisotopic (exact) mass is 196 g/mol. The Labute approximate surface area is 85.8 Å². The van der Waals surface area contributed by atoms with E-state index in [0.29, 0.717) is 12.5 Å². The summed E-state index contributed by atoms with van der Waals surface area (Å²) in [4.78, 5) is 13.7. The van der Waals surface area contributed by atoms with Gasteiger partial charge in [-0.1, -0.05) is 6.92 Å². The summed E-state index contributed by atoms with van der Waals surface area (Å²) in [7, 11) is 0. The fraction of sp³-hybridized carbons (Fsp3) is 0.909. The van der Waals surface area contributed by atoms with Gasteiger partial charge in [0.15, 0.2) is 0 Å². The summed E-state index contributed by atoms with van der Waals surface area (Å²) in [6, 6.07) is 1.23. The molecule has 1 amide bonds. The summed E-state index contributed by atoms with van der Waals surface area (Å²) in [6.45, 7) is 4.46. The minimum Gasteiger partial charge on any atom is -0.353 e. The van der Waals surface area contributed by atoms with Gasteiger partial charge in [0.25, 0.3) is 0 Å². The van der Waals surface area contributed by atoms with Crippen LogP contribution in [-0.4, -0.2) is 36.0 Å². The Morgan fingerprint density at radius 3 is 2.57 bits per heavy atom. The molecule has 80 valence electrons. The van der Waals surface area contributed by atoms with Crippen molar-refractivity contribution in [3.8, 4) is 0 Å². The standard InChI is InChI=1S/C11H20N2O/c1-2-11(14)12-9-7-10(8-9)13-5-3-4-6-13/h9-10H,2-8H2,1H3,(H,12,14). The first kappa shape index (κ1) is 9.97. The van der Waals surface area contributed by atoms with Crippen LogP contribution in [0.25, 0.3) is 0 Å². The van der Waals surface area contributed by atoms with Crippen LogP contribution in [0.15, 0.2) is 0 Å². The first-order valence-corrected chi connectivity index (χ1v) is 5.83. The average Bonchev–Trinajstić information content (AvgIpc) is 2.62. The van der Waals surface area contributed by atoms with Crippen LogP contribution in [0.4, 0.5) is 0 Å². The van der Waals surface area contributed by atoms with Crippen molar-refractivity contribution >= 4 is 5.91 Å². The van der Waals surface area contributed by atoms with Gasteiger partial charge >= 0.3 is 0 Å². The lowest BCUT2D eigenvalue weighted by molar-refractivity contribution is -0.122. The lowest BCUT2D eigenvalue weighted by atomic mass is 9.85. The molecule has 2 rings (SSSR count). The van der Waals surface area contributed by atoms with Gasteiger partial charge in [0, 0.05) is 18.5 Å². The van der Waals surface area contributed by atoms with Gasteiger partial charge < -0.3 is 10.2 Å². The van der Waals surface area contributed by atoms with Crippen molar-refractivity contribution in [1.29, 1.82) is 0 Å². The normalized spacial score (nSPS) is 32.6. The number of hydrogen-bond acceptors (Lipinski definition) is 2. The molecule has 1 saturated heterocycles. The van der Waals surface area contributed by atoms with Gasteiger partial charge in [-0.25, -0.2) is 0 Å². The Hall–Kier alpha value is -0.570. The predicted octanol–water partition coefficient (Wildman–Crippen LogP) is 1.14. The quantitative estimate of drug-likeness (QED) is 0.734. The largest absolute Gasteiger partial charge is 0.353 e. The third-order valence-corrected chi connectivity index (χ3v) is 3.46. The highest BCUT2D eigenvalue weighted by atomic mass is 16.1. The van der Waals surface area contributed by atoms with Gasteiger partial charge in [-0.05, 0) is 38.8 Å². The molecule has 1 saturated carbocycles. The van der Waals surface area contributed by atoms with Gasteiger partial charge in [-0.15, -0.1) is 0 Å².